The SMILES string of the molecule is C=CCCCCOC(=O)[C@H]1[C@@H]2OC3(CC2Br)C(C(=O)N(CC=C)C(C)C)N(CCO)C(=O)[C@H]13. The molecule has 184 valence electrons. The molecule has 2 amide bonds. The Bertz CT molecular complexity index is 789. The van der Waals surface area contributed by atoms with Crippen LogP contribution in [0, 0.1) is 11.8 Å². The van der Waals surface area contributed by atoms with Gasteiger partial charge in [-0.1, -0.05) is 28.1 Å². The van der Waals surface area contributed by atoms with E-state index in [1.807, 2.05) is 19.9 Å². The van der Waals surface area contributed by atoms with Crippen molar-refractivity contribution in [3.63, 3.8) is 0 Å². The molecule has 9 heteroatoms. The summed E-state index contributed by atoms with van der Waals surface area (Å²) in [5.74, 6) is -2.66. The highest BCUT2D eigenvalue weighted by Gasteiger charge is 2.77. The lowest BCUT2D eigenvalue weighted by Crippen LogP contribution is -2.58. The van der Waals surface area contributed by atoms with Crippen LogP contribution in [0.3, 0.4) is 0 Å². The van der Waals surface area contributed by atoms with Crippen molar-refractivity contribution in [2.45, 2.75) is 68.1 Å². The number of amides is 2. The Labute approximate surface area is 204 Å². The van der Waals surface area contributed by atoms with E-state index in [0.29, 0.717) is 19.4 Å². The van der Waals surface area contributed by atoms with E-state index >= 15 is 0 Å². The van der Waals surface area contributed by atoms with E-state index in [2.05, 4.69) is 29.1 Å². The normalized spacial score (nSPS) is 32.2. The molecule has 1 spiro atoms. The molecular weight excluding hydrogens is 492 g/mol. The van der Waals surface area contributed by atoms with Crippen LogP contribution in [0.15, 0.2) is 25.3 Å². The quantitative estimate of drug-likeness (QED) is 0.181. The second-order valence-corrected chi connectivity index (χ2v) is 10.4. The fourth-order valence-corrected chi connectivity index (χ4v) is 6.48. The highest BCUT2D eigenvalue weighted by molar-refractivity contribution is 9.09. The molecule has 0 radical (unpaired) electrons. The number of hydrogen-bond donors (Lipinski definition) is 1. The Balaban J connectivity index is 1.91. The number of aliphatic hydroxyl groups excluding tert-OH is 1. The van der Waals surface area contributed by atoms with Gasteiger partial charge in [0, 0.05) is 24.0 Å². The second kappa shape index (κ2) is 10.7. The summed E-state index contributed by atoms with van der Waals surface area (Å²) in [6.07, 6.45) is 5.77. The first kappa shape index (κ1) is 25.9. The monoisotopic (exact) mass is 526 g/mol. The minimum absolute atomic E-state index is 0.00217. The van der Waals surface area contributed by atoms with Crippen molar-refractivity contribution >= 4 is 33.7 Å². The molecule has 6 atom stereocenters. The standard InChI is InChI=1S/C24H35BrN2O6/c1-5-7-8-9-13-32-23(31)17-18-21(29)27(11-12-28)20(22(30)26(10-6-2)15(3)4)24(18)14-16(25)19(17)33-24/h5-6,15-20,28H,1-2,7-14H2,3-4H3/t16?,17-,18+,19-,20?,24?/m1/s1. The Hall–Kier alpha value is -1.71. The van der Waals surface area contributed by atoms with Gasteiger partial charge >= 0.3 is 5.97 Å². The molecule has 3 aliphatic heterocycles. The van der Waals surface area contributed by atoms with Gasteiger partial charge in [0.2, 0.25) is 11.8 Å². The molecule has 0 aromatic rings. The topological polar surface area (TPSA) is 96.4 Å². The molecule has 3 heterocycles. The van der Waals surface area contributed by atoms with E-state index in [0.717, 1.165) is 12.8 Å². The third-order valence-corrected chi connectivity index (χ3v) is 7.76. The number of fused-ring (bicyclic) bond motifs is 1. The van der Waals surface area contributed by atoms with Crippen LogP contribution in [0.5, 0.6) is 0 Å². The van der Waals surface area contributed by atoms with Gasteiger partial charge in [0.05, 0.1) is 31.2 Å². The minimum atomic E-state index is -1.14. The van der Waals surface area contributed by atoms with Gasteiger partial charge < -0.3 is 24.4 Å². The number of likely N-dealkylation sites (tertiary alicyclic amines) is 1. The summed E-state index contributed by atoms with van der Waals surface area (Å²) >= 11 is 3.63. The number of ether oxygens (including phenoxy) is 2. The molecule has 3 fully saturated rings. The van der Waals surface area contributed by atoms with Gasteiger partial charge in [-0.05, 0) is 39.5 Å². The zero-order valence-electron chi connectivity index (χ0n) is 19.5. The summed E-state index contributed by atoms with van der Waals surface area (Å²) < 4.78 is 11.9. The average Bonchev–Trinajstić information content (AvgIpc) is 3.35. The molecule has 3 unspecified atom stereocenters. The molecule has 3 saturated heterocycles. The molecule has 2 bridgehead atoms. The summed E-state index contributed by atoms with van der Waals surface area (Å²) in [6.45, 7) is 11.5. The first-order valence-electron chi connectivity index (χ1n) is 11.7. The number of allylic oxidation sites excluding steroid dienone is 1. The highest BCUT2D eigenvalue weighted by Crippen LogP contribution is 2.60. The van der Waals surface area contributed by atoms with Gasteiger partial charge in [-0.3, -0.25) is 14.4 Å². The zero-order valence-corrected chi connectivity index (χ0v) is 21.0. The molecule has 0 saturated carbocycles. The zero-order chi connectivity index (χ0) is 24.3. The number of halogens is 1. The van der Waals surface area contributed by atoms with Gasteiger partial charge in [-0.15, -0.1) is 13.2 Å². The van der Waals surface area contributed by atoms with E-state index in [1.54, 1.807) is 11.0 Å². The third kappa shape index (κ3) is 4.51. The van der Waals surface area contributed by atoms with Crippen molar-refractivity contribution in [3.05, 3.63) is 25.3 Å². The molecule has 8 nitrogen and oxygen atoms in total. The lowest BCUT2D eigenvalue weighted by Gasteiger charge is -2.38. The van der Waals surface area contributed by atoms with E-state index in [9.17, 15) is 19.5 Å². The van der Waals surface area contributed by atoms with E-state index in [4.69, 9.17) is 9.47 Å². The van der Waals surface area contributed by atoms with Crippen LogP contribution in [0.2, 0.25) is 0 Å². The van der Waals surface area contributed by atoms with E-state index < -0.39 is 35.6 Å². The van der Waals surface area contributed by atoms with Crippen LogP contribution >= 0.6 is 15.9 Å². The van der Waals surface area contributed by atoms with Gasteiger partial charge in [-0.25, -0.2) is 0 Å². The highest BCUT2D eigenvalue weighted by atomic mass is 79.9. The summed E-state index contributed by atoms with van der Waals surface area (Å²) in [7, 11) is 0. The number of carbonyl (C=O) groups excluding carboxylic acids is 3. The summed E-state index contributed by atoms with van der Waals surface area (Å²) in [5.41, 5.74) is -1.14. The van der Waals surface area contributed by atoms with Crippen LogP contribution in [-0.4, -0.2) is 87.6 Å². The minimum Gasteiger partial charge on any atom is -0.465 e. The van der Waals surface area contributed by atoms with E-state index in [-0.39, 0.29) is 42.4 Å². The van der Waals surface area contributed by atoms with Gasteiger partial charge in [-0.2, -0.15) is 0 Å². The molecule has 0 aromatic carbocycles. The molecule has 0 aliphatic carbocycles. The second-order valence-electron chi connectivity index (χ2n) is 9.24. The van der Waals surface area contributed by atoms with Crippen molar-refractivity contribution in [1.82, 2.24) is 9.80 Å². The average molecular weight is 527 g/mol. The Kier molecular flexibility index (Phi) is 8.40. The number of aliphatic hydroxyl groups is 1. The number of esters is 1. The predicted molar refractivity (Wildman–Crippen MR) is 127 cm³/mol. The Morgan fingerprint density at radius 3 is 2.70 bits per heavy atom. The molecule has 3 rings (SSSR count). The Morgan fingerprint density at radius 2 is 2.09 bits per heavy atom. The number of rotatable bonds is 12. The fraction of sp³-hybridized carbons (Fsp3) is 0.708. The van der Waals surface area contributed by atoms with Crippen molar-refractivity contribution in [3.8, 4) is 0 Å². The van der Waals surface area contributed by atoms with Crippen LogP contribution in [0.25, 0.3) is 0 Å². The van der Waals surface area contributed by atoms with Crippen molar-refractivity contribution in [2.75, 3.05) is 26.3 Å². The lowest BCUT2D eigenvalue weighted by atomic mass is 9.70. The fourth-order valence-electron chi connectivity index (χ4n) is 5.54. The van der Waals surface area contributed by atoms with Gasteiger partial charge in [0.25, 0.3) is 0 Å². The number of unbranched alkanes of at least 4 members (excludes halogenated alkanes) is 2. The molecule has 33 heavy (non-hydrogen) atoms. The number of nitrogens with zero attached hydrogens (tertiary/aromatic N) is 2. The smallest absolute Gasteiger partial charge is 0.312 e. The predicted octanol–water partition coefficient (Wildman–Crippen LogP) is 2.05. The van der Waals surface area contributed by atoms with Crippen molar-refractivity contribution in [2.24, 2.45) is 11.8 Å². The maximum absolute atomic E-state index is 13.8. The van der Waals surface area contributed by atoms with Crippen molar-refractivity contribution < 1.29 is 29.0 Å². The molecule has 0 aromatic heterocycles. The third-order valence-electron chi connectivity index (χ3n) is 6.92. The summed E-state index contributed by atoms with van der Waals surface area (Å²) in [5, 5.41) is 9.66. The number of β-amino-alcohol motifs (C(OH)–C–C–N with tert-alkyl or cyclic N) is 1. The molecular formula is C24H35BrN2O6. The van der Waals surface area contributed by atoms with Crippen molar-refractivity contribution in [1.29, 1.82) is 0 Å². The van der Waals surface area contributed by atoms with Crippen LogP contribution in [0.4, 0.5) is 0 Å². The first-order chi connectivity index (χ1) is 15.7. The Morgan fingerprint density at radius 1 is 1.36 bits per heavy atom. The number of hydrogen-bond acceptors (Lipinski definition) is 6. The maximum atomic E-state index is 13.8. The van der Waals surface area contributed by atoms with Crippen LogP contribution in [0.1, 0.15) is 39.5 Å². The van der Waals surface area contributed by atoms with Crippen LogP contribution < -0.4 is 0 Å². The number of alkyl halides is 1. The number of carbonyl (C=O) groups is 3. The van der Waals surface area contributed by atoms with Gasteiger partial charge in [0.1, 0.15) is 11.6 Å². The lowest BCUT2D eigenvalue weighted by molar-refractivity contribution is -0.155. The van der Waals surface area contributed by atoms with Gasteiger partial charge in [0.15, 0.2) is 0 Å². The molecule has 1 N–H and O–H groups in total. The summed E-state index contributed by atoms with van der Waals surface area (Å²) in [4.78, 5) is 43.3. The maximum Gasteiger partial charge on any atom is 0.312 e. The van der Waals surface area contributed by atoms with Crippen LogP contribution in [-0.2, 0) is 23.9 Å². The van der Waals surface area contributed by atoms with E-state index in [1.165, 1.54) is 4.90 Å². The summed E-state index contributed by atoms with van der Waals surface area (Å²) in [6, 6.07) is -1.04. The molecule has 3 aliphatic rings. The largest absolute Gasteiger partial charge is 0.465 e. The first-order valence-corrected chi connectivity index (χ1v) is 12.6.